The quantitative estimate of drug-likeness (QED) is 0.638. The maximum absolute atomic E-state index is 12.4. The van der Waals surface area contributed by atoms with Crippen molar-refractivity contribution in [3.8, 4) is 5.75 Å². The number of rotatable bonds is 9. The standard InChI is InChI=1S/C20H22ClNO4S/c1-25-20(24)18(11-12-27-2)22-19(23)15-5-3-14(4-6-15)13-26-17-9-7-16(21)8-10-17/h3-10,18H,11-13H2,1-2H3,(H,22,23)/t18-/m1/s1. The monoisotopic (exact) mass is 407 g/mol. The number of amides is 1. The first-order valence-corrected chi connectivity index (χ1v) is 10.2. The van der Waals surface area contributed by atoms with Gasteiger partial charge >= 0.3 is 5.97 Å². The van der Waals surface area contributed by atoms with Crippen molar-refractivity contribution in [2.75, 3.05) is 19.1 Å². The highest BCUT2D eigenvalue weighted by Gasteiger charge is 2.21. The Morgan fingerprint density at radius 1 is 1.11 bits per heavy atom. The fourth-order valence-electron chi connectivity index (χ4n) is 2.32. The number of benzene rings is 2. The van der Waals surface area contributed by atoms with Crippen LogP contribution in [0, 0.1) is 0 Å². The van der Waals surface area contributed by atoms with Crippen LogP contribution in [-0.2, 0) is 16.1 Å². The molecule has 1 N–H and O–H groups in total. The van der Waals surface area contributed by atoms with Crippen LogP contribution in [0.4, 0.5) is 0 Å². The molecule has 0 bridgehead atoms. The Balaban J connectivity index is 1.93. The van der Waals surface area contributed by atoms with Gasteiger partial charge in [-0.3, -0.25) is 4.79 Å². The van der Waals surface area contributed by atoms with E-state index in [9.17, 15) is 9.59 Å². The predicted molar refractivity (Wildman–Crippen MR) is 108 cm³/mol. The van der Waals surface area contributed by atoms with Crippen molar-refractivity contribution in [3.63, 3.8) is 0 Å². The van der Waals surface area contributed by atoms with E-state index in [1.165, 1.54) is 7.11 Å². The van der Waals surface area contributed by atoms with Gasteiger partial charge in [-0.05, 0) is 60.4 Å². The molecule has 7 heteroatoms. The van der Waals surface area contributed by atoms with Crippen LogP contribution in [0.25, 0.3) is 0 Å². The molecular weight excluding hydrogens is 386 g/mol. The number of ether oxygens (including phenoxy) is 2. The van der Waals surface area contributed by atoms with Crippen LogP contribution < -0.4 is 10.1 Å². The van der Waals surface area contributed by atoms with Crippen molar-refractivity contribution in [1.29, 1.82) is 0 Å². The number of thioether (sulfide) groups is 1. The molecule has 0 aliphatic carbocycles. The third-order valence-corrected chi connectivity index (χ3v) is 4.73. The summed E-state index contributed by atoms with van der Waals surface area (Å²) in [5.41, 5.74) is 1.40. The van der Waals surface area contributed by atoms with Crippen molar-refractivity contribution < 1.29 is 19.1 Å². The molecule has 2 rings (SSSR count). The lowest BCUT2D eigenvalue weighted by Crippen LogP contribution is -2.41. The van der Waals surface area contributed by atoms with Gasteiger partial charge in [-0.15, -0.1) is 0 Å². The first-order valence-electron chi connectivity index (χ1n) is 8.38. The molecule has 1 amide bonds. The third kappa shape index (κ3) is 6.81. The van der Waals surface area contributed by atoms with E-state index in [-0.39, 0.29) is 5.91 Å². The molecule has 2 aromatic rings. The van der Waals surface area contributed by atoms with Gasteiger partial charge in [0, 0.05) is 10.6 Å². The van der Waals surface area contributed by atoms with E-state index in [2.05, 4.69) is 5.32 Å². The molecule has 5 nitrogen and oxygen atoms in total. The molecule has 0 unspecified atom stereocenters. The van der Waals surface area contributed by atoms with E-state index in [0.717, 1.165) is 17.1 Å². The molecule has 27 heavy (non-hydrogen) atoms. The minimum absolute atomic E-state index is 0.309. The summed E-state index contributed by atoms with van der Waals surface area (Å²) in [4.78, 5) is 24.2. The Morgan fingerprint density at radius 2 is 1.78 bits per heavy atom. The second kappa shape index (κ2) is 10.8. The smallest absolute Gasteiger partial charge is 0.328 e. The molecule has 0 aliphatic heterocycles. The summed E-state index contributed by atoms with van der Waals surface area (Å²) in [6.45, 7) is 0.377. The van der Waals surface area contributed by atoms with E-state index in [0.29, 0.717) is 23.6 Å². The van der Waals surface area contributed by atoms with Gasteiger partial charge in [0.2, 0.25) is 0 Å². The van der Waals surface area contributed by atoms with Gasteiger partial charge in [-0.2, -0.15) is 11.8 Å². The normalized spacial score (nSPS) is 11.5. The maximum Gasteiger partial charge on any atom is 0.328 e. The summed E-state index contributed by atoms with van der Waals surface area (Å²) in [7, 11) is 1.32. The highest BCUT2D eigenvalue weighted by Crippen LogP contribution is 2.17. The Morgan fingerprint density at radius 3 is 2.37 bits per heavy atom. The number of halogens is 1. The summed E-state index contributed by atoms with van der Waals surface area (Å²) in [5, 5.41) is 3.38. The molecule has 0 spiro atoms. The maximum atomic E-state index is 12.4. The van der Waals surface area contributed by atoms with Crippen LogP contribution in [0.3, 0.4) is 0 Å². The summed E-state index contributed by atoms with van der Waals surface area (Å²) >= 11 is 7.45. The number of esters is 1. The zero-order valence-electron chi connectivity index (χ0n) is 15.2. The highest BCUT2D eigenvalue weighted by atomic mass is 35.5. The lowest BCUT2D eigenvalue weighted by molar-refractivity contribution is -0.142. The third-order valence-electron chi connectivity index (χ3n) is 3.84. The SMILES string of the molecule is COC(=O)[C@@H](CCSC)NC(=O)c1ccc(COc2ccc(Cl)cc2)cc1. The molecule has 2 aromatic carbocycles. The number of hydrogen-bond donors (Lipinski definition) is 1. The first-order chi connectivity index (χ1) is 13.0. The Bertz CT molecular complexity index is 750. The first kappa shape index (κ1) is 21.1. The Kier molecular flexibility index (Phi) is 8.48. The second-order valence-electron chi connectivity index (χ2n) is 5.77. The zero-order chi connectivity index (χ0) is 19.6. The summed E-state index contributed by atoms with van der Waals surface area (Å²) in [6, 6.07) is 13.5. The zero-order valence-corrected chi connectivity index (χ0v) is 16.8. The predicted octanol–water partition coefficient (Wildman–Crippen LogP) is 3.94. The molecule has 0 saturated heterocycles. The van der Waals surface area contributed by atoms with E-state index in [1.807, 2.05) is 18.4 Å². The molecule has 0 saturated carbocycles. The van der Waals surface area contributed by atoms with Crippen molar-refractivity contribution in [3.05, 3.63) is 64.7 Å². The van der Waals surface area contributed by atoms with Gasteiger partial charge in [0.05, 0.1) is 7.11 Å². The lowest BCUT2D eigenvalue weighted by atomic mass is 10.1. The Hall–Kier alpha value is -2.18. The molecule has 0 fully saturated rings. The van der Waals surface area contributed by atoms with Gasteiger partial charge < -0.3 is 14.8 Å². The summed E-state index contributed by atoms with van der Waals surface area (Å²) in [6.07, 6.45) is 2.47. The van der Waals surface area contributed by atoms with Crippen LogP contribution in [0.1, 0.15) is 22.3 Å². The van der Waals surface area contributed by atoms with Crippen LogP contribution in [0.15, 0.2) is 48.5 Å². The largest absolute Gasteiger partial charge is 0.489 e. The number of hydrogen-bond acceptors (Lipinski definition) is 5. The van der Waals surface area contributed by atoms with Gasteiger partial charge in [0.25, 0.3) is 5.91 Å². The molecule has 0 radical (unpaired) electrons. The lowest BCUT2D eigenvalue weighted by Gasteiger charge is -2.16. The Labute approximate surface area is 168 Å². The van der Waals surface area contributed by atoms with E-state index in [1.54, 1.807) is 48.2 Å². The second-order valence-corrected chi connectivity index (χ2v) is 7.19. The summed E-state index contributed by atoms with van der Waals surface area (Å²) < 4.78 is 10.4. The van der Waals surface area contributed by atoms with Gasteiger partial charge in [-0.25, -0.2) is 4.79 Å². The van der Waals surface area contributed by atoms with Crippen molar-refractivity contribution in [2.45, 2.75) is 19.1 Å². The fraction of sp³-hybridized carbons (Fsp3) is 0.300. The van der Waals surface area contributed by atoms with Crippen LogP contribution in [0.5, 0.6) is 5.75 Å². The van der Waals surface area contributed by atoms with Crippen LogP contribution in [0.2, 0.25) is 5.02 Å². The molecule has 0 aromatic heterocycles. The summed E-state index contributed by atoms with van der Waals surface area (Å²) in [5.74, 6) is 0.721. The molecule has 0 aliphatic rings. The van der Waals surface area contributed by atoms with Crippen LogP contribution >= 0.6 is 23.4 Å². The minimum Gasteiger partial charge on any atom is -0.489 e. The van der Waals surface area contributed by atoms with Crippen LogP contribution in [-0.4, -0.2) is 37.0 Å². The number of carbonyl (C=O) groups is 2. The molecule has 0 heterocycles. The number of nitrogens with one attached hydrogen (secondary N) is 1. The molecule has 1 atom stereocenters. The van der Waals surface area contributed by atoms with Gasteiger partial charge in [0.15, 0.2) is 0 Å². The van der Waals surface area contributed by atoms with E-state index in [4.69, 9.17) is 21.1 Å². The average Bonchev–Trinajstić information content (AvgIpc) is 2.70. The topological polar surface area (TPSA) is 64.6 Å². The number of carbonyl (C=O) groups excluding carboxylic acids is 2. The van der Waals surface area contributed by atoms with Crippen molar-refractivity contribution in [1.82, 2.24) is 5.32 Å². The van der Waals surface area contributed by atoms with Gasteiger partial charge in [-0.1, -0.05) is 23.7 Å². The van der Waals surface area contributed by atoms with E-state index < -0.39 is 12.0 Å². The molecular formula is C20H22ClNO4S. The fourth-order valence-corrected chi connectivity index (χ4v) is 2.92. The van der Waals surface area contributed by atoms with Crippen molar-refractivity contribution >= 4 is 35.2 Å². The van der Waals surface area contributed by atoms with E-state index >= 15 is 0 Å². The molecule has 144 valence electrons. The average molecular weight is 408 g/mol. The van der Waals surface area contributed by atoms with Gasteiger partial charge in [0.1, 0.15) is 18.4 Å². The van der Waals surface area contributed by atoms with Crippen molar-refractivity contribution in [2.24, 2.45) is 0 Å². The minimum atomic E-state index is -0.650. The highest BCUT2D eigenvalue weighted by molar-refractivity contribution is 7.98. The number of methoxy groups -OCH3 is 1.